The third kappa shape index (κ3) is 2.79. The van der Waals surface area contributed by atoms with Gasteiger partial charge in [0.2, 0.25) is 5.91 Å². The Kier molecular flexibility index (Phi) is 3.68. The first-order chi connectivity index (χ1) is 8.20. The maximum Gasteiger partial charge on any atom is 0.251 e. The van der Waals surface area contributed by atoms with E-state index in [0.29, 0.717) is 18.5 Å². The quantitative estimate of drug-likeness (QED) is 0.791. The summed E-state index contributed by atoms with van der Waals surface area (Å²) in [4.78, 5) is 23.0. The second kappa shape index (κ2) is 5.23. The van der Waals surface area contributed by atoms with Gasteiger partial charge in [-0.15, -0.1) is 0 Å². The van der Waals surface area contributed by atoms with Crippen LogP contribution in [-0.4, -0.2) is 30.4 Å². The number of carbonyl (C=O) groups excluding carboxylic acids is 2. The molecule has 1 aromatic rings. The molecule has 4 nitrogen and oxygen atoms in total. The van der Waals surface area contributed by atoms with Crippen molar-refractivity contribution in [2.75, 3.05) is 23.9 Å². The molecule has 2 rings (SSSR count). The Bertz CT molecular complexity index is 460. The minimum Gasteiger partial charge on any atom is -0.351 e. The second-order valence-electron chi connectivity index (χ2n) is 3.85. The molecule has 2 amide bonds. The Morgan fingerprint density at radius 1 is 1.53 bits per heavy atom. The number of anilines is 1. The molecule has 5 heteroatoms. The number of amides is 2. The van der Waals surface area contributed by atoms with Crippen LogP contribution in [0.2, 0.25) is 0 Å². The molecule has 0 aliphatic carbocycles. The van der Waals surface area contributed by atoms with Gasteiger partial charge in [0.05, 0.1) is 6.42 Å². The summed E-state index contributed by atoms with van der Waals surface area (Å²) >= 11 is 1.69. The van der Waals surface area contributed by atoms with Gasteiger partial charge in [-0.1, -0.05) is 0 Å². The van der Waals surface area contributed by atoms with Crippen LogP contribution in [0.3, 0.4) is 0 Å². The van der Waals surface area contributed by atoms with Crippen LogP contribution in [0.25, 0.3) is 0 Å². The van der Waals surface area contributed by atoms with Crippen LogP contribution < -0.4 is 10.6 Å². The topological polar surface area (TPSA) is 58.2 Å². The smallest absolute Gasteiger partial charge is 0.251 e. The molecule has 1 aliphatic heterocycles. The Morgan fingerprint density at radius 3 is 3.12 bits per heavy atom. The number of hydrogen-bond donors (Lipinski definition) is 2. The number of fused-ring (bicyclic) bond motifs is 1. The highest BCUT2D eigenvalue weighted by molar-refractivity contribution is 7.98. The van der Waals surface area contributed by atoms with E-state index in [-0.39, 0.29) is 11.8 Å². The average molecular weight is 250 g/mol. The predicted octanol–water partition coefficient (Wildman–Crippen LogP) is 1.27. The predicted molar refractivity (Wildman–Crippen MR) is 69.5 cm³/mol. The first-order valence-electron chi connectivity index (χ1n) is 5.40. The van der Waals surface area contributed by atoms with E-state index in [1.54, 1.807) is 30.0 Å². The lowest BCUT2D eigenvalue weighted by molar-refractivity contribution is -0.115. The number of rotatable bonds is 4. The molecule has 1 heterocycles. The van der Waals surface area contributed by atoms with Gasteiger partial charge >= 0.3 is 0 Å². The zero-order valence-corrected chi connectivity index (χ0v) is 10.4. The second-order valence-corrected chi connectivity index (χ2v) is 4.83. The van der Waals surface area contributed by atoms with Crippen molar-refractivity contribution in [3.63, 3.8) is 0 Å². The van der Waals surface area contributed by atoms with Crippen molar-refractivity contribution in [2.24, 2.45) is 0 Å². The summed E-state index contributed by atoms with van der Waals surface area (Å²) in [6.45, 7) is 0.661. The highest BCUT2D eigenvalue weighted by atomic mass is 32.2. The monoisotopic (exact) mass is 250 g/mol. The van der Waals surface area contributed by atoms with Crippen molar-refractivity contribution in [2.45, 2.75) is 6.42 Å². The summed E-state index contributed by atoms with van der Waals surface area (Å²) in [5, 5.41) is 5.58. The molecule has 1 aromatic carbocycles. The van der Waals surface area contributed by atoms with Gasteiger partial charge in [-0.05, 0) is 30.0 Å². The molecule has 2 N–H and O–H groups in total. The maximum absolute atomic E-state index is 11.8. The third-order valence-corrected chi connectivity index (χ3v) is 3.20. The van der Waals surface area contributed by atoms with E-state index in [2.05, 4.69) is 10.6 Å². The van der Waals surface area contributed by atoms with Gasteiger partial charge in [-0.2, -0.15) is 11.8 Å². The lowest BCUT2D eigenvalue weighted by Gasteiger charge is -2.05. The van der Waals surface area contributed by atoms with Crippen LogP contribution in [0, 0.1) is 0 Å². The van der Waals surface area contributed by atoms with Crippen molar-refractivity contribution in [3.8, 4) is 0 Å². The van der Waals surface area contributed by atoms with E-state index in [4.69, 9.17) is 0 Å². The van der Waals surface area contributed by atoms with E-state index in [9.17, 15) is 9.59 Å². The van der Waals surface area contributed by atoms with E-state index in [1.807, 2.05) is 6.26 Å². The Labute approximate surface area is 104 Å². The Morgan fingerprint density at radius 2 is 2.35 bits per heavy atom. The van der Waals surface area contributed by atoms with E-state index < -0.39 is 0 Å². The maximum atomic E-state index is 11.8. The molecule has 0 bridgehead atoms. The molecule has 0 saturated heterocycles. The lowest BCUT2D eigenvalue weighted by atomic mass is 10.1. The van der Waals surface area contributed by atoms with Gasteiger partial charge in [0.25, 0.3) is 5.91 Å². The zero-order valence-electron chi connectivity index (χ0n) is 9.58. The summed E-state index contributed by atoms with van der Waals surface area (Å²) in [6.07, 6.45) is 2.36. The van der Waals surface area contributed by atoms with Crippen LogP contribution >= 0.6 is 11.8 Å². The Hall–Kier alpha value is -1.49. The first-order valence-corrected chi connectivity index (χ1v) is 6.80. The van der Waals surface area contributed by atoms with Crippen LogP contribution in [0.5, 0.6) is 0 Å². The molecule has 0 atom stereocenters. The average Bonchev–Trinajstić information content (AvgIpc) is 2.68. The van der Waals surface area contributed by atoms with E-state index in [1.165, 1.54) is 0 Å². The normalized spacial score (nSPS) is 13.1. The van der Waals surface area contributed by atoms with Gasteiger partial charge in [0.15, 0.2) is 0 Å². The van der Waals surface area contributed by atoms with Gasteiger partial charge in [0, 0.05) is 23.5 Å². The molecule has 0 saturated carbocycles. The van der Waals surface area contributed by atoms with Crippen molar-refractivity contribution < 1.29 is 9.59 Å². The molecule has 1 aliphatic rings. The standard InChI is InChI=1S/C12H14N2O2S/c1-17-5-4-13-12(16)8-2-3-10-9(6-8)7-11(15)14-10/h2-3,6H,4-5,7H2,1H3,(H,13,16)(H,14,15). The van der Waals surface area contributed by atoms with Crippen LogP contribution in [0.4, 0.5) is 5.69 Å². The lowest BCUT2D eigenvalue weighted by Crippen LogP contribution is -2.25. The van der Waals surface area contributed by atoms with Crippen LogP contribution in [0.15, 0.2) is 18.2 Å². The molecule has 17 heavy (non-hydrogen) atoms. The minimum absolute atomic E-state index is 0.0139. The number of thioether (sulfide) groups is 1. The molecule has 0 radical (unpaired) electrons. The SMILES string of the molecule is CSCCNC(=O)c1ccc2c(c1)CC(=O)N2. The Balaban J connectivity index is 2.05. The van der Waals surface area contributed by atoms with Gasteiger partial charge in [0.1, 0.15) is 0 Å². The zero-order chi connectivity index (χ0) is 12.3. The molecule has 0 aromatic heterocycles. The molecule has 0 unspecified atom stereocenters. The van der Waals surface area contributed by atoms with Gasteiger partial charge in [-0.25, -0.2) is 0 Å². The van der Waals surface area contributed by atoms with Crippen molar-refractivity contribution in [3.05, 3.63) is 29.3 Å². The van der Waals surface area contributed by atoms with Crippen molar-refractivity contribution in [1.29, 1.82) is 0 Å². The fourth-order valence-corrected chi connectivity index (χ4v) is 2.05. The summed E-state index contributed by atoms with van der Waals surface area (Å²) in [7, 11) is 0. The van der Waals surface area contributed by atoms with Gasteiger partial charge in [-0.3, -0.25) is 9.59 Å². The fraction of sp³-hybridized carbons (Fsp3) is 0.333. The molecule has 90 valence electrons. The first kappa shape index (κ1) is 12.0. The number of hydrogen-bond acceptors (Lipinski definition) is 3. The summed E-state index contributed by atoms with van der Waals surface area (Å²) in [5.74, 6) is 0.803. The number of nitrogens with one attached hydrogen (secondary N) is 2. The molecule has 0 spiro atoms. The van der Waals surface area contributed by atoms with Crippen molar-refractivity contribution >= 4 is 29.3 Å². The van der Waals surface area contributed by atoms with E-state index in [0.717, 1.165) is 17.0 Å². The van der Waals surface area contributed by atoms with E-state index >= 15 is 0 Å². The molecular formula is C12H14N2O2S. The molecular weight excluding hydrogens is 236 g/mol. The summed E-state index contributed by atoms with van der Waals surface area (Å²) in [5.41, 5.74) is 2.32. The summed E-state index contributed by atoms with van der Waals surface area (Å²) < 4.78 is 0. The number of benzene rings is 1. The summed E-state index contributed by atoms with van der Waals surface area (Å²) in [6, 6.07) is 5.30. The highest BCUT2D eigenvalue weighted by Crippen LogP contribution is 2.23. The van der Waals surface area contributed by atoms with Crippen LogP contribution in [-0.2, 0) is 11.2 Å². The third-order valence-electron chi connectivity index (χ3n) is 2.58. The molecule has 0 fully saturated rings. The van der Waals surface area contributed by atoms with Crippen molar-refractivity contribution in [1.82, 2.24) is 5.32 Å². The minimum atomic E-state index is -0.0822. The van der Waals surface area contributed by atoms with Crippen LogP contribution in [0.1, 0.15) is 15.9 Å². The van der Waals surface area contributed by atoms with Gasteiger partial charge < -0.3 is 10.6 Å². The number of carbonyl (C=O) groups is 2. The highest BCUT2D eigenvalue weighted by Gasteiger charge is 2.18. The largest absolute Gasteiger partial charge is 0.351 e. The fourth-order valence-electron chi connectivity index (χ4n) is 1.74.